The Hall–Kier alpha value is -2.79. The summed E-state index contributed by atoms with van der Waals surface area (Å²) in [6.45, 7) is 0. The molecule has 0 saturated carbocycles. The predicted molar refractivity (Wildman–Crippen MR) is 103 cm³/mol. The average molecular weight is 348 g/mol. The molecule has 2 heterocycles. The summed E-state index contributed by atoms with van der Waals surface area (Å²) in [5.74, 6) is 1.14. The van der Waals surface area contributed by atoms with E-state index in [-0.39, 0.29) is 5.91 Å². The molecule has 2 aromatic heterocycles. The second-order valence-corrected chi connectivity index (χ2v) is 6.70. The molecule has 0 spiro atoms. The lowest BCUT2D eigenvalue weighted by Crippen LogP contribution is -2.14. The third-order valence-corrected chi connectivity index (χ3v) is 4.89. The lowest BCUT2D eigenvalue weighted by Gasteiger charge is -2.05. The molecule has 0 aliphatic carbocycles. The van der Waals surface area contributed by atoms with Gasteiger partial charge in [0, 0.05) is 40.7 Å². The van der Waals surface area contributed by atoms with Crippen LogP contribution in [-0.2, 0) is 10.5 Å². The summed E-state index contributed by atoms with van der Waals surface area (Å²) in [6.07, 6.45) is 3.56. The van der Waals surface area contributed by atoms with Crippen LogP contribution in [0, 0.1) is 0 Å². The van der Waals surface area contributed by atoms with Gasteiger partial charge < -0.3 is 9.73 Å². The molecule has 5 heteroatoms. The van der Waals surface area contributed by atoms with Gasteiger partial charge in [-0.25, -0.2) is 0 Å². The van der Waals surface area contributed by atoms with Crippen LogP contribution in [0.2, 0.25) is 0 Å². The highest BCUT2D eigenvalue weighted by Crippen LogP contribution is 2.30. The van der Waals surface area contributed by atoms with Gasteiger partial charge in [0.15, 0.2) is 0 Å². The van der Waals surface area contributed by atoms with E-state index in [1.54, 1.807) is 18.0 Å². The van der Waals surface area contributed by atoms with Crippen molar-refractivity contribution in [2.45, 2.75) is 5.75 Å². The van der Waals surface area contributed by atoms with Gasteiger partial charge in [-0.2, -0.15) is 0 Å². The maximum Gasteiger partial charge on any atom is 0.234 e. The molecule has 0 radical (unpaired) electrons. The van der Waals surface area contributed by atoms with Crippen molar-refractivity contribution in [3.63, 3.8) is 0 Å². The smallest absolute Gasteiger partial charge is 0.234 e. The molecule has 0 aliphatic heterocycles. The van der Waals surface area contributed by atoms with E-state index in [0.717, 1.165) is 38.9 Å². The number of aromatic nitrogens is 1. The predicted octanol–water partition coefficient (Wildman–Crippen LogP) is 4.85. The molecule has 1 amide bonds. The van der Waals surface area contributed by atoms with Crippen LogP contribution < -0.4 is 5.32 Å². The number of pyridine rings is 1. The Morgan fingerprint density at radius 3 is 2.80 bits per heavy atom. The Labute approximate surface area is 149 Å². The van der Waals surface area contributed by atoms with E-state index < -0.39 is 0 Å². The average Bonchev–Trinajstić information content (AvgIpc) is 3.00. The number of hydrogen-bond acceptors (Lipinski definition) is 4. The summed E-state index contributed by atoms with van der Waals surface area (Å²) < 4.78 is 5.85. The molecule has 1 N–H and O–H groups in total. The number of amides is 1. The SMILES string of the molecule is O=C(CSCc1cccnc1)Nc1ccc2c(c1)oc1ccccc12. The minimum atomic E-state index is -0.0237. The maximum atomic E-state index is 12.1. The van der Waals surface area contributed by atoms with Crippen molar-refractivity contribution in [2.75, 3.05) is 11.1 Å². The van der Waals surface area contributed by atoms with E-state index in [1.165, 1.54) is 0 Å². The zero-order valence-electron chi connectivity index (χ0n) is 13.4. The highest BCUT2D eigenvalue weighted by molar-refractivity contribution is 7.99. The molecule has 0 fully saturated rings. The van der Waals surface area contributed by atoms with Gasteiger partial charge in [-0.05, 0) is 29.8 Å². The third-order valence-electron chi connectivity index (χ3n) is 3.89. The first-order valence-electron chi connectivity index (χ1n) is 7.97. The van der Waals surface area contributed by atoms with Crippen molar-refractivity contribution in [1.29, 1.82) is 0 Å². The van der Waals surface area contributed by atoms with E-state index >= 15 is 0 Å². The van der Waals surface area contributed by atoms with E-state index in [0.29, 0.717) is 5.75 Å². The molecule has 2 aromatic carbocycles. The van der Waals surface area contributed by atoms with Crippen molar-refractivity contribution in [2.24, 2.45) is 0 Å². The summed E-state index contributed by atoms with van der Waals surface area (Å²) in [4.78, 5) is 16.2. The number of furan rings is 1. The Bertz CT molecular complexity index is 1030. The third kappa shape index (κ3) is 3.51. The summed E-state index contributed by atoms with van der Waals surface area (Å²) in [6, 6.07) is 17.6. The molecule has 4 rings (SSSR count). The molecule has 0 saturated heterocycles. The Morgan fingerprint density at radius 2 is 1.92 bits per heavy atom. The van der Waals surface area contributed by atoms with Crippen molar-refractivity contribution < 1.29 is 9.21 Å². The van der Waals surface area contributed by atoms with Crippen LogP contribution in [-0.4, -0.2) is 16.6 Å². The number of anilines is 1. The summed E-state index contributed by atoms with van der Waals surface area (Å²) >= 11 is 1.57. The molecule has 0 atom stereocenters. The molecule has 0 bridgehead atoms. The van der Waals surface area contributed by atoms with Gasteiger partial charge in [-0.1, -0.05) is 24.3 Å². The molecule has 4 aromatic rings. The lowest BCUT2D eigenvalue weighted by molar-refractivity contribution is -0.113. The van der Waals surface area contributed by atoms with Gasteiger partial charge in [-0.15, -0.1) is 11.8 Å². The second kappa shape index (κ2) is 6.99. The first kappa shape index (κ1) is 15.7. The zero-order valence-corrected chi connectivity index (χ0v) is 14.3. The molecular weight excluding hydrogens is 332 g/mol. The van der Waals surface area contributed by atoms with Crippen LogP contribution in [0.15, 0.2) is 71.4 Å². The maximum absolute atomic E-state index is 12.1. The van der Waals surface area contributed by atoms with Crippen LogP contribution in [0.1, 0.15) is 5.56 Å². The normalized spacial score (nSPS) is 11.0. The quantitative estimate of drug-likeness (QED) is 0.560. The van der Waals surface area contributed by atoms with Gasteiger partial charge in [-0.3, -0.25) is 9.78 Å². The van der Waals surface area contributed by atoms with Gasteiger partial charge in [0.25, 0.3) is 0 Å². The van der Waals surface area contributed by atoms with Crippen LogP contribution >= 0.6 is 11.8 Å². The van der Waals surface area contributed by atoms with Gasteiger partial charge in [0.2, 0.25) is 5.91 Å². The fraction of sp³-hybridized carbons (Fsp3) is 0.100. The molecule has 25 heavy (non-hydrogen) atoms. The van der Waals surface area contributed by atoms with Crippen LogP contribution in [0.4, 0.5) is 5.69 Å². The molecule has 124 valence electrons. The number of benzene rings is 2. The second-order valence-electron chi connectivity index (χ2n) is 5.71. The van der Waals surface area contributed by atoms with E-state index in [4.69, 9.17) is 4.42 Å². The number of rotatable bonds is 5. The number of carbonyl (C=O) groups is 1. The summed E-state index contributed by atoms with van der Waals surface area (Å²) in [5, 5.41) is 5.07. The standard InChI is InChI=1S/C20H16N2O2S/c23-20(13-25-12-14-4-3-9-21-11-14)22-15-7-8-17-16-5-1-2-6-18(16)24-19(17)10-15/h1-11H,12-13H2,(H,22,23). The van der Waals surface area contributed by atoms with Crippen molar-refractivity contribution >= 4 is 45.3 Å². The minimum absolute atomic E-state index is 0.0237. The summed E-state index contributed by atoms with van der Waals surface area (Å²) in [5.41, 5.74) is 3.50. The van der Waals surface area contributed by atoms with E-state index in [2.05, 4.69) is 10.3 Å². The van der Waals surface area contributed by atoms with E-state index in [1.807, 2.05) is 60.8 Å². The Morgan fingerprint density at radius 1 is 1.04 bits per heavy atom. The highest BCUT2D eigenvalue weighted by Gasteiger charge is 2.08. The zero-order chi connectivity index (χ0) is 17.1. The monoisotopic (exact) mass is 348 g/mol. The fourth-order valence-electron chi connectivity index (χ4n) is 2.75. The van der Waals surface area contributed by atoms with Crippen LogP contribution in [0.3, 0.4) is 0 Å². The number of carbonyl (C=O) groups excluding carboxylic acids is 1. The summed E-state index contributed by atoms with van der Waals surface area (Å²) in [7, 11) is 0. The first-order chi connectivity index (χ1) is 12.3. The highest BCUT2D eigenvalue weighted by atomic mass is 32.2. The van der Waals surface area contributed by atoms with Crippen molar-refractivity contribution in [1.82, 2.24) is 4.98 Å². The van der Waals surface area contributed by atoms with Crippen molar-refractivity contribution in [3.05, 3.63) is 72.6 Å². The Balaban J connectivity index is 1.41. The van der Waals surface area contributed by atoms with E-state index in [9.17, 15) is 4.79 Å². The van der Waals surface area contributed by atoms with Gasteiger partial charge in [0.05, 0.1) is 5.75 Å². The largest absolute Gasteiger partial charge is 0.456 e. The number of nitrogens with zero attached hydrogens (tertiary/aromatic N) is 1. The molecule has 0 aliphatic rings. The number of hydrogen-bond donors (Lipinski definition) is 1. The molecule has 0 unspecified atom stereocenters. The topological polar surface area (TPSA) is 55.1 Å². The minimum Gasteiger partial charge on any atom is -0.456 e. The Kier molecular flexibility index (Phi) is 4.39. The van der Waals surface area contributed by atoms with Gasteiger partial charge in [0.1, 0.15) is 11.2 Å². The van der Waals surface area contributed by atoms with Crippen LogP contribution in [0.25, 0.3) is 21.9 Å². The molecular formula is C20H16N2O2S. The number of nitrogens with one attached hydrogen (secondary N) is 1. The number of thioether (sulfide) groups is 1. The van der Waals surface area contributed by atoms with Gasteiger partial charge >= 0.3 is 0 Å². The van der Waals surface area contributed by atoms with Crippen LogP contribution in [0.5, 0.6) is 0 Å². The lowest BCUT2D eigenvalue weighted by atomic mass is 10.1. The van der Waals surface area contributed by atoms with Crippen molar-refractivity contribution in [3.8, 4) is 0 Å². The fourth-order valence-corrected chi connectivity index (χ4v) is 3.51. The number of para-hydroxylation sites is 1. The molecule has 4 nitrogen and oxygen atoms in total. The first-order valence-corrected chi connectivity index (χ1v) is 9.13. The number of fused-ring (bicyclic) bond motifs is 3.